The smallest absolute Gasteiger partial charge is 0.120 e. The summed E-state index contributed by atoms with van der Waals surface area (Å²) in [6, 6.07) is 14.0. The molecule has 4 N–H and O–H groups in total. The SMILES string of the molecule is COc1ccc2nc(C(N)Cc3cccc(C(N)=C(C)C)c3)sc2c1. The topological polar surface area (TPSA) is 74.2 Å². The number of allylic oxidation sites excluding steroid dienone is 1. The lowest BCUT2D eigenvalue weighted by molar-refractivity contribution is 0.415. The number of hydrogen-bond acceptors (Lipinski definition) is 5. The fraction of sp³-hybridized carbons (Fsp3) is 0.250. The Bertz CT molecular complexity index is 926. The second kappa shape index (κ2) is 7.25. The van der Waals surface area contributed by atoms with E-state index in [2.05, 4.69) is 17.1 Å². The van der Waals surface area contributed by atoms with Gasteiger partial charge in [0.15, 0.2) is 0 Å². The number of benzene rings is 2. The molecular formula is C20H23N3OS. The number of methoxy groups -OCH3 is 1. The van der Waals surface area contributed by atoms with Crippen molar-refractivity contribution in [1.29, 1.82) is 0 Å². The number of nitrogens with two attached hydrogens (primary N) is 2. The predicted molar refractivity (Wildman–Crippen MR) is 106 cm³/mol. The van der Waals surface area contributed by atoms with Gasteiger partial charge in [-0.2, -0.15) is 0 Å². The van der Waals surface area contributed by atoms with Gasteiger partial charge < -0.3 is 16.2 Å². The van der Waals surface area contributed by atoms with E-state index in [0.29, 0.717) is 0 Å². The third-order valence-electron chi connectivity index (χ3n) is 4.16. The van der Waals surface area contributed by atoms with Crippen molar-refractivity contribution in [2.45, 2.75) is 26.3 Å². The Morgan fingerprint density at radius 1 is 1.20 bits per heavy atom. The summed E-state index contributed by atoms with van der Waals surface area (Å²) in [5.41, 5.74) is 17.7. The van der Waals surface area contributed by atoms with Gasteiger partial charge in [0, 0.05) is 5.70 Å². The van der Waals surface area contributed by atoms with Gasteiger partial charge >= 0.3 is 0 Å². The molecule has 0 fully saturated rings. The minimum Gasteiger partial charge on any atom is -0.497 e. The van der Waals surface area contributed by atoms with Crippen LogP contribution in [0.5, 0.6) is 5.75 Å². The van der Waals surface area contributed by atoms with Crippen LogP contribution in [0.3, 0.4) is 0 Å². The van der Waals surface area contributed by atoms with Gasteiger partial charge in [-0.15, -0.1) is 11.3 Å². The summed E-state index contributed by atoms with van der Waals surface area (Å²) in [5.74, 6) is 0.834. The van der Waals surface area contributed by atoms with Crippen molar-refractivity contribution in [2.75, 3.05) is 7.11 Å². The molecule has 5 heteroatoms. The van der Waals surface area contributed by atoms with Crippen LogP contribution in [-0.2, 0) is 6.42 Å². The fourth-order valence-corrected chi connectivity index (χ4v) is 3.70. The van der Waals surface area contributed by atoms with Crippen LogP contribution in [0.4, 0.5) is 0 Å². The zero-order valence-electron chi connectivity index (χ0n) is 14.7. The normalized spacial score (nSPS) is 12.2. The van der Waals surface area contributed by atoms with Crippen LogP contribution in [0.1, 0.15) is 36.0 Å². The Balaban J connectivity index is 1.84. The molecular weight excluding hydrogens is 330 g/mol. The molecule has 1 aromatic heterocycles. The van der Waals surface area contributed by atoms with E-state index in [0.717, 1.165) is 49.8 Å². The zero-order chi connectivity index (χ0) is 18.0. The van der Waals surface area contributed by atoms with E-state index in [-0.39, 0.29) is 6.04 Å². The van der Waals surface area contributed by atoms with Gasteiger partial charge in [0.25, 0.3) is 0 Å². The third kappa shape index (κ3) is 3.83. The van der Waals surface area contributed by atoms with Crippen molar-refractivity contribution in [3.63, 3.8) is 0 Å². The van der Waals surface area contributed by atoms with E-state index in [1.54, 1.807) is 18.4 Å². The summed E-state index contributed by atoms with van der Waals surface area (Å²) in [5, 5.41) is 0.934. The van der Waals surface area contributed by atoms with Crippen LogP contribution < -0.4 is 16.2 Å². The van der Waals surface area contributed by atoms with E-state index in [1.165, 1.54) is 0 Å². The van der Waals surface area contributed by atoms with E-state index in [1.807, 2.05) is 44.2 Å². The van der Waals surface area contributed by atoms with Gasteiger partial charge in [-0.05, 0) is 55.7 Å². The van der Waals surface area contributed by atoms with Gasteiger partial charge in [0.1, 0.15) is 10.8 Å². The first-order valence-corrected chi connectivity index (χ1v) is 9.02. The molecule has 1 atom stereocenters. The summed E-state index contributed by atoms with van der Waals surface area (Å²) in [6.45, 7) is 4.03. The molecule has 1 heterocycles. The first-order valence-electron chi connectivity index (χ1n) is 8.20. The Morgan fingerprint density at radius 2 is 2.00 bits per heavy atom. The molecule has 0 aliphatic heterocycles. The lowest BCUT2D eigenvalue weighted by Gasteiger charge is -2.11. The molecule has 0 aliphatic carbocycles. The van der Waals surface area contributed by atoms with Crippen molar-refractivity contribution >= 4 is 27.3 Å². The first-order chi connectivity index (χ1) is 12.0. The van der Waals surface area contributed by atoms with E-state index in [9.17, 15) is 0 Å². The molecule has 0 saturated carbocycles. The summed E-state index contributed by atoms with van der Waals surface area (Å²) in [4.78, 5) is 4.67. The van der Waals surface area contributed by atoms with E-state index in [4.69, 9.17) is 16.2 Å². The molecule has 0 bridgehead atoms. The van der Waals surface area contributed by atoms with Crippen molar-refractivity contribution in [1.82, 2.24) is 4.98 Å². The third-order valence-corrected chi connectivity index (χ3v) is 5.31. The minimum atomic E-state index is -0.147. The Morgan fingerprint density at radius 3 is 2.72 bits per heavy atom. The van der Waals surface area contributed by atoms with Crippen molar-refractivity contribution < 1.29 is 4.74 Å². The average Bonchev–Trinajstić information content (AvgIpc) is 3.04. The Labute approximate surface area is 152 Å². The zero-order valence-corrected chi connectivity index (χ0v) is 15.6. The van der Waals surface area contributed by atoms with Crippen LogP contribution in [0.2, 0.25) is 0 Å². The molecule has 130 valence electrons. The predicted octanol–water partition coefficient (Wildman–Crippen LogP) is 4.26. The maximum absolute atomic E-state index is 6.42. The molecule has 4 nitrogen and oxygen atoms in total. The quantitative estimate of drug-likeness (QED) is 0.719. The number of hydrogen-bond donors (Lipinski definition) is 2. The number of aromatic nitrogens is 1. The molecule has 0 amide bonds. The standard InChI is InChI=1S/C20H23N3OS/c1-12(2)19(22)14-6-4-5-13(9-14)10-16(21)20-23-17-8-7-15(24-3)11-18(17)25-20/h4-9,11,16H,10,21-22H2,1-3H3. The number of thiazole rings is 1. The Kier molecular flexibility index (Phi) is 5.06. The lowest BCUT2D eigenvalue weighted by Crippen LogP contribution is -2.13. The van der Waals surface area contributed by atoms with Crippen molar-refractivity contribution in [3.8, 4) is 5.75 Å². The van der Waals surface area contributed by atoms with Crippen LogP contribution in [0, 0.1) is 0 Å². The number of rotatable bonds is 5. The van der Waals surface area contributed by atoms with Gasteiger partial charge in [-0.3, -0.25) is 0 Å². The monoisotopic (exact) mass is 353 g/mol. The number of ether oxygens (including phenoxy) is 1. The van der Waals surface area contributed by atoms with Gasteiger partial charge in [0.05, 0.1) is 23.4 Å². The molecule has 0 aliphatic rings. The van der Waals surface area contributed by atoms with Gasteiger partial charge in [0.2, 0.25) is 0 Å². The maximum atomic E-state index is 6.42. The highest BCUT2D eigenvalue weighted by Gasteiger charge is 2.14. The second-order valence-electron chi connectivity index (χ2n) is 6.31. The lowest BCUT2D eigenvalue weighted by atomic mass is 10.0. The fourth-order valence-electron chi connectivity index (χ4n) is 2.70. The van der Waals surface area contributed by atoms with Crippen LogP contribution in [0.25, 0.3) is 15.9 Å². The summed E-state index contributed by atoms with van der Waals surface area (Å²) < 4.78 is 6.36. The summed E-state index contributed by atoms with van der Waals surface area (Å²) in [6.07, 6.45) is 0.723. The first kappa shape index (κ1) is 17.5. The molecule has 2 aromatic carbocycles. The van der Waals surface area contributed by atoms with Gasteiger partial charge in [-0.1, -0.05) is 23.8 Å². The van der Waals surface area contributed by atoms with Crippen LogP contribution >= 0.6 is 11.3 Å². The van der Waals surface area contributed by atoms with Crippen LogP contribution in [-0.4, -0.2) is 12.1 Å². The molecule has 0 saturated heterocycles. The van der Waals surface area contributed by atoms with E-state index < -0.39 is 0 Å². The van der Waals surface area contributed by atoms with E-state index >= 15 is 0 Å². The van der Waals surface area contributed by atoms with Crippen molar-refractivity contribution in [2.24, 2.45) is 11.5 Å². The van der Waals surface area contributed by atoms with Crippen LogP contribution in [0.15, 0.2) is 48.0 Å². The number of nitrogens with zero attached hydrogens (tertiary/aromatic N) is 1. The summed E-state index contributed by atoms with van der Waals surface area (Å²) in [7, 11) is 1.67. The maximum Gasteiger partial charge on any atom is 0.120 e. The second-order valence-corrected chi connectivity index (χ2v) is 7.37. The molecule has 3 rings (SSSR count). The molecule has 3 aromatic rings. The van der Waals surface area contributed by atoms with Gasteiger partial charge in [-0.25, -0.2) is 4.98 Å². The average molecular weight is 353 g/mol. The highest BCUT2D eigenvalue weighted by molar-refractivity contribution is 7.18. The van der Waals surface area contributed by atoms with Crippen molar-refractivity contribution in [3.05, 3.63) is 64.2 Å². The minimum absolute atomic E-state index is 0.147. The highest BCUT2D eigenvalue weighted by atomic mass is 32.1. The molecule has 25 heavy (non-hydrogen) atoms. The largest absolute Gasteiger partial charge is 0.497 e. The number of fused-ring (bicyclic) bond motifs is 1. The molecule has 0 radical (unpaired) electrons. The summed E-state index contributed by atoms with van der Waals surface area (Å²) >= 11 is 1.62. The molecule has 1 unspecified atom stereocenters. The Hall–Kier alpha value is -2.37. The molecule has 0 spiro atoms. The highest BCUT2D eigenvalue weighted by Crippen LogP contribution is 2.30.